The smallest absolute Gasteiger partial charge is 0.239 e. The van der Waals surface area contributed by atoms with Crippen LogP contribution in [0, 0.1) is 0 Å². The largest absolute Gasteiger partial charge is 0.490 e. The molecule has 114 valence electrons. The van der Waals surface area contributed by atoms with E-state index >= 15 is 0 Å². The second-order valence-electron chi connectivity index (χ2n) is 5.49. The molecule has 1 aromatic carbocycles. The average molecular weight is 310 g/mol. The van der Waals surface area contributed by atoms with Crippen LogP contribution in [0.4, 0.5) is 5.69 Å². The summed E-state index contributed by atoms with van der Waals surface area (Å²) in [6.45, 7) is 3.53. The summed E-state index contributed by atoms with van der Waals surface area (Å²) in [6, 6.07) is 5.75. The summed E-state index contributed by atoms with van der Waals surface area (Å²) in [5.74, 6) is 0.842. The summed E-state index contributed by atoms with van der Waals surface area (Å²) in [6.07, 6.45) is 2.16. The summed E-state index contributed by atoms with van der Waals surface area (Å²) in [4.78, 5) is 14.2. The van der Waals surface area contributed by atoms with E-state index < -0.39 is 0 Å². The van der Waals surface area contributed by atoms with Crippen LogP contribution in [-0.2, 0) is 4.79 Å². The van der Waals surface area contributed by atoms with Gasteiger partial charge in [-0.3, -0.25) is 4.79 Å². The van der Waals surface area contributed by atoms with E-state index in [9.17, 15) is 4.79 Å². The highest BCUT2D eigenvalue weighted by atomic mass is 35.5. The molecule has 21 heavy (non-hydrogen) atoms. The van der Waals surface area contributed by atoms with Crippen molar-refractivity contribution in [1.29, 1.82) is 0 Å². The molecule has 1 saturated heterocycles. The van der Waals surface area contributed by atoms with Gasteiger partial charge in [0.2, 0.25) is 5.91 Å². The van der Waals surface area contributed by atoms with Crippen molar-refractivity contribution in [3.63, 3.8) is 0 Å². The van der Waals surface area contributed by atoms with Gasteiger partial charge in [0.25, 0.3) is 0 Å². The van der Waals surface area contributed by atoms with Gasteiger partial charge in [0.1, 0.15) is 12.4 Å². The Bertz CT molecular complexity index is 518. The fraction of sp³-hybridized carbons (Fsp3) is 0.533. The summed E-state index contributed by atoms with van der Waals surface area (Å²) in [5, 5.41) is 7.05. The summed E-state index contributed by atoms with van der Waals surface area (Å²) in [5.41, 5.74) is 0.894. The lowest BCUT2D eigenvalue weighted by Crippen LogP contribution is -2.49. The lowest BCUT2D eigenvalue weighted by Gasteiger charge is -2.32. The Labute approximate surface area is 129 Å². The Morgan fingerprint density at radius 1 is 1.52 bits per heavy atom. The zero-order valence-corrected chi connectivity index (χ0v) is 12.7. The molecule has 0 aromatic heterocycles. The maximum absolute atomic E-state index is 12.2. The van der Waals surface area contributed by atoms with E-state index in [-0.39, 0.29) is 11.9 Å². The number of carbonyl (C=O) groups is 1. The Balaban J connectivity index is 1.63. The van der Waals surface area contributed by atoms with Crippen LogP contribution in [0.2, 0.25) is 5.02 Å². The minimum absolute atomic E-state index is 0.0523. The third-order valence-electron chi connectivity index (χ3n) is 3.88. The van der Waals surface area contributed by atoms with Gasteiger partial charge < -0.3 is 20.3 Å². The number of hydrogen-bond acceptors (Lipinski definition) is 4. The quantitative estimate of drug-likeness (QED) is 0.886. The fourth-order valence-corrected chi connectivity index (χ4v) is 3.00. The predicted molar refractivity (Wildman–Crippen MR) is 83.2 cm³/mol. The number of amides is 1. The zero-order chi connectivity index (χ0) is 14.7. The predicted octanol–water partition coefficient (Wildman–Crippen LogP) is 1.41. The van der Waals surface area contributed by atoms with Crippen molar-refractivity contribution >= 4 is 23.2 Å². The lowest BCUT2D eigenvalue weighted by atomic mass is 10.1. The normalized spacial score (nSPS) is 21.4. The molecule has 0 unspecified atom stereocenters. The highest BCUT2D eigenvalue weighted by molar-refractivity contribution is 6.31. The van der Waals surface area contributed by atoms with Gasteiger partial charge >= 0.3 is 0 Å². The number of carbonyl (C=O) groups excluding carboxylic acids is 1. The van der Waals surface area contributed by atoms with E-state index in [0.29, 0.717) is 24.7 Å². The Morgan fingerprint density at radius 3 is 3.24 bits per heavy atom. The first-order valence-electron chi connectivity index (χ1n) is 7.40. The van der Waals surface area contributed by atoms with Gasteiger partial charge in [0, 0.05) is 17.6 Å². The van der Waals surface area contributed by atoms with E-state index in [2.05, 4.69) is 10.6 Å². The number of benzene rings is 1. The van der Waals surface area contributed by atoms with Crippen molar-refractivity contribution in [2.24, 2.45) is 0 Å². The van der Waals surface area contributed by atoms with E-state index in [1.165, 1.54) is 0 Å². The van der Waals surface area contributed by atoms with Gasteiger partial charge in [-0.1, -0.05) is 11.6 Å². The number of piperidine rings is 1. The first kappa shape index (κ1) is 14.5. The Morgan fingerprint density at radius 2 is 2.43 bits per heavy atom. The molecular formula is C15H20ClN3O2. The van der Waals surface area contributed by atoms with Crippen LogP contribution in [0.15, 0.2) is 18.2 Å². The van der Waals surface area contributed by atoms with Gasteiger partial charge in [-0.25, -0.2) is 0 Å². The van der Waals surface area contributed by atoms with Crippen LogP contribution in [0.3, 0.4) is 0 Å². The van der Waals surface area contributed by atoms with E-state index in [0.717, 1.165) is 37.4 Å². The van der Waals surface area contributed by atoms with Gasteiger partial charge in [-0.15, -0.1) is 0 Å². The average Bonchev–Trinajstić information content (AvgIpc) is 2.49. The number of nitrogens with one attached hydrogen (secondary N) is 2. The van der Waals surface area contributed by atoms with Crippen molar-refractivity contribution in [2.45, 2.75) is 18.9 Å². The topological polar surface area (TPSA) is 53.6 Å². The van der Waals surface area contributed by atoms with Gasteiger partial charge in [0.05, 0.1) is 18.8 Å². The maximum Gasteiger partial charge on any atom is 0.239 e. The number of rotatable bonds is 3. The first-order valence-corrected chi connectivity index (χ1v) is 7.77. The molecule has 3 rings (SSSR count). The number of anilines is 1. The molecule has 2 N–H and O–H groups in total. The lowest BCUT2D eigenvalue weighted by molar-refractivity contribution is -0.120. The monoisotopic (exact) mass is 309 g/mol. The van der Waals surface area contributed by atoms with Crippen LogP contribution in [0.5, 0.6) is 5.75 Å². The molecule has 6 heteroatoms. The molecule has 5 nitrogen and oxygen atoms in total. The molecule has 1 aromatic rings. The molecule has 2 aliphatic heterocycles. The van der Waals surface area contributed by atoms with Gasteiger partial charge in [-0.2, -0.15) is 0 Å². The van der Waals surface area contributed by atoms with Crippen LogP contribution in [0.25, 0.3) is 0 Å². The molecule has 0 saturated carbocycles. The number of fused-ring (bicyclic) bond motifs is 1. The number of hydrogen-bond donors (Lipinski definition) is 2. The Hall–Kier alpha value is -1.46. The highest BCUT2D eigenvalue weighted by Crippen LogP contribution is 2.33. The van der Waals surface area contributed by atoms with Gasteiger partial charge in [0.15, 0.2) is 0 Å². The molecule has 1 fully saturated rings. The van der Waals surface area contributed by atoms with Crippen molar-refractivity contribution in [2.75, 3.05) is 37.7 Å². The standard InChI is InChI=1S/C15H20ClN3O2/c16-11-3-4-14-13(8-11)19(6-7-21-14)10-15(20)18-12-2-1-5-17-9-12/h3-4,8,12,17H,1-2,5-7,9-10H2,(H,18,20)/t12-/m0/s1. The summed E-state index contributed by atoms with van der Waals surface area (Å²) >= 11 is 6.04. The molecular weight excluding hydrogens is 290 g/mol. The second kappa shape index (κ2) is 6.54. The molecule has 2 heterocycles. The Kier molecular flexibility index (Phi) is 4.51. The third-order valence-corrected chi connectivity index (χ3v) is 4.11. The van der Waals surface area contributed by atoms with E-state index in [1.54, 1.807) is 6.07 Å². The SMILES string of the molecule is O=C(CN1CCOc2ccc(Cl)cc21)N[C@H]1CCCNC1. The molecule has 0 spiro atoms. The van der Waals surface area contributed by atoms with Crippen molar-refractivity contribution in [3.8, 4) is 5.75 Å². The van der Waals surface area contributed by atoms with Crippen molar-refractivity contribution < 1.29 is 9.53 Å². The van der Waals surface area contributed by atoms with E-state index in [4.69, 9.17) is 16.3 Å². The number of nitrogens with zero attached hydrogens (tertiary/aromatic N) is 1. The molecule has 0 aliphatic carbocycles. The first-order chi connectivity index (χ1) is 10.2. The molecule has 1 atom stereocenters. The maximum atomic E-state index is 12.2. The van der Waals surface area contributed by atoms with Crippen molar-refractivity contribution in [1.82, 2.24) is 10.6 Å². The second-order valence-corrected chi connectivity index (χ2v) is 5.93. The minimum Gasteiger partial charge on any atom is -0.490 e. The third kappa shape index (κ3) is 3.60. The molecule has 0 radical (unpaired) electrons. The van der Waals surface area contributed by atoms with E-state index in [1.807, 2.05) is 17.0 Å². The zero-order valence-electron chi connectivity index (χ0n) is 11.9. The van der Waals surface area contributed by atoms with Crippen molar-refractivity contribution in [3.05, 3.63) is 23.2 Å². The summed E-state index contributed by atoms with van der Waals surface area (Å²) in [7, 11) is 0. The van der Waals surface area contributed by atoms with Crippen LogP contribution < -0.4 is 20.3 Å². The summed E-state index contributed by atoms with van der Waals surface area (Å²) < 4.78 is 5.60. The van der Waals surface area contributed by atoms with Crippen LogP contribution in [-0.4, -0.2) is 44.7 Å². The highest BCUT2D eigenvalue weighted by Gasteiger charge is 2.22. The number of ether oxygens (including phenoxy) is 1. The fourth-order valence-electron chi connectivity index (χ4n) is 2.83. The van der Waals surface area contributed by atoms with Crippen LogP contribution >= 0.6 is 11.6 Å². The molecule has 2 aliphatic rings. The minimum atomic E-state index is 0.0523. The number of halogens is 1. The van der Waals surface area contributed by atoms with Gasteiger partial charge in [-0.05, 0) is 37.6 Å². The molecule has 0 bridgehead atoms. The molecule has 1 amide bonds. The van der Waals surface area contributed by atoms with Crippen LogP contribution in [0.1, 0.15) is 12.8 Å².